The van der Waals surface area contributed by atoms with Crippen molar-refractivity contribution in [1.29, 1.82) is 0 Å². The average molecular weight is 328 g/mol. The molecule has 1 aromatic heterocycles. The highest BCUT2D eigenvalue weighted by Gasteiger charge is 2.18. The molecule has 1 heterocycles. The summed E-state index contributed by atoms with van der Waals surface area (Å²) in [5.41, 5.74) is 1.29. The lowest BCUT2D eigenvalue weighted by Gasteiger charge is -2.26. The van der Waals surface area contributed by atoms with Gasteiger partial charge in [-0.3, -0.25) is 4.79 Å². The molecule has 1 aliphatic rings. The standard InChI is InChI=1S/C18H24N4O2/c1-2-4-15(11-23)20-17(24)12-7-8-13-10-19-18(22-16(13)9-12)21-14-5-3-6-14/h7-10,14-15,23H,2-6,11H2,1H3,(H,20,24)(H,19,21,22)/t15-/m0/s1. The fourth-order valence-corrected chi connectivity index (χ4v) is 2.80. The predicted molar refractivity (Wildman–Crippen MR) is 94.0 cm³/mol. The molecular weight excluding hydrogens is 304 g/mol. The normalized spacial score (nSPS) is 15.8. The van der Waals surface area contributed by atoms with E-state index in [1.165, 1.54) is 6.42 Å². The van der Waals surface area contributed by atoms with Crippen LogP contribution < -0.4 is 10.6 Å². The number of amides is 1. The highest BCUT2D eigenvalue weighted by Crippen LogP contribution is 2.22. The summed E-state index contributed by atoms with van der Waals surface area (Å²) in [7, 11) is 0. The Kier molecular flexibility index (Phi) is 5.25. The van der Waals surface area contributed by atoms with E-state index in [0.717, 1.165) is 36.6 Å². The first kappa shape index (κ1) is 16.6. The zero-order chi connectivity index (χ0) is 16.9. The van der Waals surface area contributed by atoms with E-state index < -0.39 is 0 Å². The second-order valence-corrected chi connectivity index (χ2v) is 6.38. The first-order chi connectivity index (χ1) is 11.7. The number of rotatable bonds is 7. The van der Waals surface area contributed by atoms with Crippen molar-refractivity contribution in [3.8, 4) is 0 Å². The SMILES string of the molecule is CCC[C@@H](CO)NC(=O)c1ccc2cnc(NC3CCC3)nc2c1. The number of anilines is 1. The monoisotopic (exact) mass is 328 g/mol. The van der Waals surface area contributed by atoms with Gasteiger partial charge in [0.05, 0.1) is 18.2 Å². The highest BCUT2D eigenvalue weighted by molar-refractivity contribution is 5.97. The van der Waals surface area contributed by atoms with Gasteiger partial charge < -0.3 is 15.7 Å². The second kappa shape index (κ2) is 7.57. The van der Waals surface area contributed by atoms with Gasteiger partial charge in [-0.15, -0.1) is 0 Å². The predicted octanol–water partition coefficient (Wildman–Crippen LogP) is 2.49. The van der Waals surface area contributed by atoms with E-state index in [4.69, 9.17) is 0 Å². The Bertz CT molecular complexity index is 715. The molecule has 1 fully saturated rings. The third-order valence-corrected chi connectivity index (χ3v) is 4.48. The summed E-state index contributed by atoms with van der Waals surface area (Å²) in [6.07, 6.45) is 7.01. The van der Waals surface area contributed by atoms with Crippen LogP contribution in [0.3, 0.4) is 0 Å². The summed E-state index contributed by atoms with van der Waals surface area (Å²) in [6, 6.07) is 5.65. The molecular formula is C18H24N4O2. The molecule has 6 heteroatoms. The lowest BCUT2D eigenvalue weighted by Crippen LogP contribution is -2.37. The molecule has 1 atom stereocenters. The molecule has 0 saturated heterocycles. The van der Waals surface area contributed by atoms with Crippen molar-refractivity contribution < 1.29 is 9.90 Å². The van der Waals surface area contributed by atoms with E-state index in [0.29, 0.717) is 17.6 Å². The fourth-order valence-electron chi connectivity index (χ4n) is 2.80. The Labute approximate surface area is 141 Å². The first-order valence-corrected chi connectivity index (χ1v) is 8.64. The number of fused-ring (bicyclic) bond motifs is 1. The van der Waals surface area contributed by atoms with Crippen molar-refractivity contribution in [2.75, 3.05) is 11.9 Å². The van der Waals surface area contributed by atoms with Crippen LogP contribution in [0.15, 0.2) is 24.4 Å². The average Bonchev–Trinajstić information content (AvgIpc) is 2.57. The van der Waals surface area contributed by atoms with Crippen LogP contribution in [0.5, 0.6) is 0 Å². The number of aliphatic hydroxyl groups excluding tert-OH is 1. The molecule has 6 nitrogen and oxygen atoms in total. The van der Waals surface area contributed by atoms with Gasteiger partial charge in [-0.25, -0.2) is 9.97 Å². The van der Waals surface area contributed by atoms with Crippen LogP contribution in [0.4, 0.5) is 5.95 Å². The minimum absolute atomic E-state index is 0.0508. The van der Waals surface area contributed by atoms with Crippen LogP contribution in [-0.4, -0.2) is 39.7 Å². The van der Waals surface area contributed by atoms with Crippen molar-refractivity contribution in [3.05, 3.63) is 30.0 Å². The van der Waals surface area contributed by atoms with Gasteiger partial charge in [-0.1, -0.05) is 19.4 Å². The Hall–Kier alpha value is -2.21. The molecule has 1 aliphatic carbocycles. The van der Waals surface area contributed by atoms with Crippen LogP contribution >= 0.6 is 0 Å². The second-order valence-electron chi connectivity index (χ2n) is 6.38. The molecule has 2 aromatic rings. The van der Waals surface area contributed by atoms with Crippen LogP contribution in [0, 0.1) is 0 Å². The smallest absolute Gasteiger partial charge is 0.251 e. The largest absolute Gasteiger partial charge is 0.394 e. The zero-order valence-electron chi connectivity index (χ0n) is 14.0. The van der Waals surface area contributed by atoms with Gasteiger partial charge in [0.15, 0.2) is 0 Å². The Morgan fingerprint density at radius 2 is 2.25 bits per heavy atom. The van der Waals surface area contributed by atoms with E-state index in [9.17, 15) is 9.90 Å². The molecule has 24 heavy (non-hydrogen) atoms. The molecule has 1 saturated carbocycles. The lowest BCUT2D eigenvalue weighted by atomic mass is 9.93. The van der Waals surface area contributed by atoms with Crippen molar-refractivity contribution in [2.45, 2.75) is 51.1 Å². The van der Waals surface area contributed by atoms with Gasteiger partial charge in [-0.2, -0.15) is 0 Å². The summed E-state index contributed by atoms with van der Waals surface area (Å²) in [6.45, 7) is 1.98. The zero-order valence-corrected chi connectivity index (χ0v) is 14.0. The van der Waals surface area contributed by atoms with Gasteiger partial charge >= 0.3 is 0 Å². The lowest BCUT2D eigenvalue weighted by molar-refractivity contribution is 0.0913. The summed E-state index contributed by atoms with van der Waals surface area (Å²) < 4.78 is 0. The number of nitrogens with zero attached hydrogens (tertiary/aromatic N) is 2. The topological polar surface area (TPSA) is 87.1 Å². The van der Waals surface area contributed by atoms with Gasteiger partial charge in [0.25, 0.3) is 5.91 Å². The maximum Gasteiger partial charge on any atom is 0.251 e. The fraction of sp³-hybridized carbons (Fsp3) is 0.500. The minimum atomic E-state index is -0.209. The molecule has 0 unspecified atom stereocenters. The maximum absolute atomic E-state index is 12.4. The van der Waals surface area contributed by atoms with Crippen LogP contribution in [0.2, 0.25) is 0 Å². The summed E-state index contributed by atoms with van der Waals surface area (Å²) in [4.78, 5) is 21.2. The third-order valence-electron chi connectivity index (χ3n) is 4.48. The van der Waals surface area contributed by atoms with Gasteiger partial charge in [0, 0.05) is 23.2 Å². The third kappa shape index (κ3) is 3.82. The summed E-state index contributed by atoms with van der Waals surface area (Å²) in [5.74, 6) is 0.431. The van der Waals surface area contributed by atoms with Crippen molar-refractivity contribution in [2.24, 2.45) is 0 Å². The number of nitrogens with one attached hydrogen (secondary N) is 2. The molecule has 3 rings (SSSR count). The molecule has 0 bridgehead atoms. The van der Waals surface area contributed by atoms with Gasteiger partial charge in [-0.05, 0) is 37.8 Å². The van der Waals surface area contributed by atoms with E-state index in [1.54, 1.807) is 18.3 Å². The quantitative estimate of drug-likeness (QED) is 0.727. The number of carbonyl (C=O) groups excluding carboxylic acids is 1. The first-order valence-electron chi connectivity index (χ1n) is 8.64. The van der Waals surface area contributed by atoms with Crippen LogP contribution in [-0.2, 0) is 0 Å². The van der Waals surface area contributed by atoms with Crippen molar-refractivity contribution in [1.82, 2.24) is 15.3 Å². The molecule has 128 valence electrons. The van der Waals surface area contributed by atoms with Gasteiger partial charge in [0.2, 0.25) is 5.95 Å². The number of hydrogen-bond acceptors (Lipinski definition) is 5. The Morgan fingerprint density at radius 3 is 2.92 bits per heavy atom. The van der Waals surface area contributed by atoms with Crippen molar-refractivity contribution in [3.63, 3.8) is 0 Å². The highest BCUT2D eigenvalue weighted by atomic mass is 16.3. The number of carbonyl (C=O) groups is 1. The van der Waals surface area contributed by atoms with E-state index in [1.807, 2.05) is 13.0 Å². The molecule has 1 aromatic carbocycles. The number of benzene rings is 1. The number of hydrogen-bond donors (Lipinski definition) is 3. The molecule has 0 radical (unpaired) electrons. The molecule has 3 N–H and O–H groups in total. The van der Waals surface area contributed by atoms with Gasteiger partial charge in [0.1, 0.15) is 0 Å². The van der Waals surface area contributed by atoms with Crippen LogP contribution in [0.1, 0.15) is 49.4 Å². The Balaban J connectivity index is 1.76. The summed E-state index contributed by atoms with van der Waals surface area (Å²) in [5, 5.41) is 16.4. The Morgan fingerprint density at radius 1 is 1.42 bits per heavy atom. The molecule has 0 aliphatic heterocycles. The van der Waals surface area contributed by atoms with Crippen LogP contribution in [0.25, 0.3) is 10.9 Å². The minimum Gasteiger partial charge on any atom is -0.394 e. The van der Waals surface area contributed by atoms with E-state index >= 15 is 0 Å². The summed E-state index contributed by atoms with van der Waals surface area (Å²) >= 11 is 0. The van der Waals surface area contributed by atoms with E-state index in [-0.39, 0.29) is 18.6 Å². The molecule has 1 amide bonds. The van der Waals surface area contributed by atoms with E-state index in [2.05, 4.69) is 20.6 Å². The van der Waals surface area contributed by atoms with Crippen molar-refractivity contribution >= 4 is 22.8 Å². The number of aromatic nitrogens is 2. The number of aliphatic hydroxyl groups is 1. The molecule has 0 spiro atoms. The maximum atomic E-state index is 12.4.